The minimum absolute atomic E-state index is 0.0964. The van der Waals surface area contributed by atoms with E-state index < -0.39 is 5.97 Å². The van der Waals surface area contributed by atoms with Gasteiger partial charge in [-0.25, -0.2) is 0 Å². The highest BCUT2D eigenvalue weighted by Gasteiger charge is 2.21. The Morgan fingerprint density at radius 3 is 2.29 bits per heavy atom. The van der Waals surface area contributed by atoms with Crippen molar-refractivity contribution in [2.24, 2.45) is 5.92 Å². The number of rotatable bonds is 14. The summed E-state index contributed by atoms with van der Waals surface area (Å²) in [4.78, 5) is 24.7. The normalized spacial score (nSPS) is 11.9. The van der Waals surface area contributed by atoms with Crippen LogP contribution in [0.4, 0.5) is 0 Å². The molecule has 1 aromatic heterocycles. The van der Waals surface area contributed by atoms with Crippen molar-refractivity contribution in [3.8, 4) is 16.9 Å². The van der Waals surface area contributed by atoms with Crippen molar-refractivity contribution in [2.75, 3.05) is 6.54 Å². The summed E-state index contributed by atoms with van der Waals surface area (Å²) in [6.45, 7) is 10.9. The van der Waals surface area contributed by atoms with E-state index in [1.54, 1.807) is 6.07 Å². The number of carboxylic acid groups (broad SMARTS) is 1. The summed E-state index contributed by atoms with van der Waals surface area (Å²) in [6, 6.07) is 16.9. The number of amides is 1. The molecular formula is C32H41NO4S. The second-order valence-corrected chi connectivity index (χ2v) is 11.5. The molecule has 0 aliphatic carbocycles. The third-order valence-electron chi connectivity index (χ3n) is 6.57. The number of benzene rings is 2. The van der Waals surface area contributed by atoms with E-state index in [1.807, 2.05) is 6.07 Å². The van der Waals surface area contributed by atoms with Crippen molar-refractivity contribution in [1.29, 1.82) is 0 Å². The molecule has 0 aliphatic heterocycles. The number of carboxylic acids is 1. The Hall–Kier alpha value is -3.12. The van der Waals surface area contributed by atoms with Crippen LogP contribution in [0.3, 0.4) is 0 Å². The van der Waals surface area contributed by atoms with Gasteiger partial charge in [0.15, 0.2) is 0 Å². The van der Waals surface area contributed by atoms with Gasteiger partial charge in [0.1, 0.15) is 11.9 Å². The minimum atomic E-state index is -0.932. The van der Waals surface area contributed by atoms with E-state index in [2.05, 4.69) is 76.3 Å². The third kappa shape index (κ3) is 8.45. The average molecular weight is 536 g/mol. The van der Waals surface area contributed by atoms with Crippen molar-refractivity contribution in [2.45, 2.75) is 79.2 Å². The predicted molar refractivity (Wildman–Crippen MR) is 156 cm³/mol. The summed E-state index contributed by atoms with van der Waals surface area (Å²) in [5, 5.41) is 11.5. The summed E-state index contributed by atoms with van der Waals surface area (Å²) in [7, 11) is 0. The van der Waals surface area contributed by atoms with Crippen LogP contribution in [0.25, 0.3) is 11.1 Å². The standard InChI is InChI=1S/C32H41NO4S/c1-6-7-8-9-24-10-12-25(13-11-24)31-22(4)19-26(20-23(31)5)37-27(18-21(2)3)28-14-15-29(38-28)32(36)33-17-16-30(34)35/h10-15,19-21,27H,6-9,16-18H2,1-5H3,(H,33,36)(H,34,35)/t27-/m1/s1. The highest BCUT2D eigenvalue weighted by Crippen LogP contribution is 2.36. The molecule has 1 heterocycles. The fourth-order valence-corrected chi connectivity index (χ4v) is 5.66. The van der Waals surface area contributed by atoms with Gasteiger partial charge in [0.05, 0.1) is 11.3 Å². The maximum atomic E-state index is 12.5. The lowest BCUT2D eigenvalue weighted by Gasteiger charge is -2.22. The maximum absolute atomic E-state index is 12.5. The van der Waals surface area contributed by atoms with Crippen LogP contribution in [-0.2, 0) is 11.2 Å². The zero-order valence-electron chi connectivity index (χ0n) is 23.3. The van der Waals surface area contributed by atoms with Crippen LogP contribution in [0, 0.1) is 19.8 Å². The fraction of sp³-hybridized carbons (Fsp3) is 0.438. The van der Waals surface area contributed by atoms with Crippen LogP contribution < -0.4 is 10.1 Å². The number of carbonyl (C=O) groups is 2. The lowest BCUT2D eigenvalue weighted by atomic mass is 9.94. The van der Waals surface area contributed by atoms with E-state index in [9.17, 15) is 9.59 Å². The van der Waals surface area contributed by atoms with Crippen molar-refractivity contribution < 1.29 is 19.4 Å². The lowest BCUT2D eigenvalue weighted by molar-refractivity contribution is -0.136. The van der Waals surface area contributed by atoms with Gasteiger partial charge in [-0.05, 0) is 91.1 Å². The zero-order chi connectivity index (χ0) is 27.7. The number of unbranched alkanes of at least 4 members (excludes halogenated alkanes) is 2. The van der Waals surface area contributed by atoms with Crippen LogP contribution in [0.15, 0.2) is 48.5 Å². The Kier molecular flexibility index (Phi) is 11.0. The first kappa shape index (κ1) is 29.4. The third-order valence-corrected chi connectivity index (χ3v) is 7.75. The van der Waals surface area contributed by atoms with Crippen molar-refractivity contribution in [1.82, 2.24) is 5.32 Å². The summed E-state index contributed by atoms with van der Waals surface area (Å²) in [5.74, 6) is 0.0514. The van der Waals surface area contributed by atoms with Gasteiger partial charge in [-0.1, -0.05) is 57.9 Å². The van der Waals surface area contributed by atoms with E-state index in [-0.39, 0.29) is 25.0 Å². The predicted octanol–water partition coefficient (Wildman–Crippen LogP) is 8.14. The SMILES string of the molecule is CCCCCc1ccc(-c2c(C)cc(O[C@H](CC(C)C)c3ccc(C(=O)NCCC(=O)O)s3)cc2C)cc1. The molecule has 0 saturated carbocycles. The molecule has 5 nitrogen and oxygen atoms in total. The second kappa shape index (κ2) is 14.1. The molecule has 0 saturated heterocycles. The Bertz CT molecular complexity index is 1190. The van der Waals surface area contributed by atoms with Gasteiger partial charge in [0, 0.05) is 11.4 Å². The van der Waals surface area contributed by atoms with Gasteiger partial charge in [-0.15, -0.1) is 11.3 Å². The Morgan fingerprint density at radius 2 is 1.68 bits per heavy atom. The second-order valence-electron chi connectivity index (χ2n) is 10.4. The molecule has 2 N–H and O–H groups in total. The molecule has 0 aliphatic rings. The Morgan fingerprint density at radius 1 is 1.00 bits per heavy atom. The fourth-order valence-electron chi connectivity index (χ4n) is 4.70. The van der Waals surface area contributed by atoms with Crippen molar-refractivity contribution >= 4 is 23.2 Å². The van der Waals surface area contributed by atoms with Gasteiger partial charge in [0.25, 0.3) is 5.91 Å². The zero-order valence-corrected chi connectivity index (χ0v) is 24.1. The average Bonchev–Trinajstić information content (AvgIpc) is 3.34. The number of carbonyl (C=O) groups excluding carboxylic acids is 1. The van der Waals surface area contributed by atoms with E-state index in [4.69, 9.17) is 9.84 Å². The van der Waals surface area contributed by atoms with Crippen molar-refractivity contribution in [3.63, 3.8) is 0 Å². The molecule has 0 bridgehead atoms. The van der Waals surface area contributed by atoms with Crippen LogP contribution in [0.5, 0.6) is 5.75 Å². The van der Waals surface area contributed by atoms with Gasteiger partial charge < -0.3 is 15.2 Å². The summed E-state index contributed by atoms with van der Waals surface area (Å²) >= 11 is 1.40. The van der Waals surface area contributed by atoms with E-state index in [0.29, 0.717) is 10.8 Å². The molecular weight excluding hydrogens is 494 g/mol. The van der Waals surface area contributed by atoms with Crippen LogP contribution in [0.1, 0.15) is 90.2 Å². The number of nitrogens with one attached hydrogen (secondary N) is 1. The topological polar surface area (TPSA) is 75.6 Å². The molecule has 3 aromatic rings. The first-order chi connectivity index (χ1) is 18.2. The van der Waals surface area contributed by atoms with Crippen LogP contribution in [0.2, 0.25) is 0 Å². The summed E-state index contributed by atoms with van der Waals surface area (Å²) in [5.41, 5.74) is 6.20. The van der Waals surface area contributed by atoms with E-state index in [1.165, 1.54) is 58.4 Å². The Labute approximate surface area is 231 Å². The van der Waals surface area contributed by atoms with E-state index in [0.717, 1.165) is 23.5 Å². The lowest BCUT2D eigenvalue weighted by Crippen LogP contribution is -2.25. The molecule has 0 unspecified atom stereocenters. The molecule has 0 fully saturated rings. The van der Waals surface area contributed by atoms with Gasteiger partial charge in [-0.2, -0.15) is 0 Å². The maximum Gasteiger partial charge on any atom is 0.305 e. The molecule has 0 spiro atoms. The number of hydrogen-bond acceptors (Lipinski definition) is 4. The first-order valence-electron chi connectivity index (χ1n) is 13.6. The Balaban J connectivity index is 1.76. The smallest absolute Gasteiger partial charge is 0.305 e. The number of hydrogen-bond donors (Lipinski definition) is 2. The number of thiophene rings is 1. The van der Waals surface area contributed by atoms with Crippen molar-refractivity contribution in [3.05, 3.63) is 75.0 Å². The minimum Gasteiger partial charge on any atom is -0.485 e. The molecule has 1 amide bonds. The molecule has 6 heteroatoms. The molecule has 0 radical (unpaired) electrons. The molecule has 1 atom stereocenters. The molecule has 2 aromatic carbocycles. The molecule has 3 rings (SSSR count). The molecule has 204 valence electrons. The number of aryl methyl sites for hydroxylation is 3. The monoisotopic (exact) mass is 535 g/mol. The van der Waals surface area contributed by atoms with E-state index >= 15 is 0 Å². The number of aliphatic carboxylic acids is 1. The summed E-state index contributed by atoms with van der Waals surface area (Å²) < 4.78 is 6.54. The van der Waals surface area contributed by atoms with Gasteiger partial charge >= 0.3 is 5.97 Å². The van der Waals surface area contributed by atoms with Gasteiger partial charge in [0.2, 0.25) is 0 Å². The highest BCUT2D eigenvalue weighted by atomic mass is 32.1. The summed E-state index contributed by atoms with van der Waals surface area (Å²) in [6.07, 6.45) is 5.42. The quantitative estimate of drug-likeness (QED) is 0.204. The van der Waals surface area contributed by atoms with Gasteiger partial charge in [-0.3, -0.25) is 9.59 Å². The highest BCUT2D eigenvalue weighted by molar-refractivity contribution is 7.14. The number of ether oxygens (including phenoxy) is 1. The largest absolute Gasteiger partial charge is 0.485 e. The first-order valence-corrected chi connectivity index (χ1v) is 14.5. The van der Waals surface area contributed by atoms with Crippen LogP contribution >= 0.6 is 11.3 Å². The molecule has 38 heavy (non-hydrogen) atoms. The van der Waals surface area contributed by atoms with Crippen LogP contribution in [-0.4, -0.2) is 23.5 Å².